The number of aliphatic carboxylic acids is 1. The molecule has 6 heteroatoms. The molecular formula is C13H15Br2NO3. The Kier molecular flexibility index (Phi) is 6.00. The molecule has 19 heavy (non-hydrogen) atoms. The normalized spacial score (nSPS) is 12.0. The van der Waals surface area contributed by atoms with Crippen molar-refractivity contribution in [3.63, 3.8) is 0 Å². The van der Waals surface area contributed by atoms with Crippen LogP contribution in [0.1, 0.15) is 30.6 Å². The molecule has 0 saturated carbocycles. The van der Waals surface area contributed by atoms with E-state index in [-0.39, 0.29) is 18.5 Å². The van der Waals surface area contributed by atoms with Gasteiger partial charge in [-0.2, -0.15) is 0 Å². The van der Waals surface area contributed by atoms with Crippen molar-refractivity contribution in [3.05, 3.63) is 32.7 Å². The molecule has 1 amide bonds. The van der Waals surface area contributed by atoms with Crippen LogP contribution in [0.3, 0.4) is 0 Å². The van der Waals surface area contributed by atoms with Gasteiger partial charge in [0, 0.05) is 15.0 Å². The molecule has 0 aliphatic carbocycles. The largest absolute Gasteiger partial charge is 0.480 e. The summed E-state index contributed by atoms with van der Waals surface area (Å²) in [4.78, 5) is 24.7. The Balaban J connectivity index is 3.11. The van der Waals surface area contributed by atoms with Gasteiger partial charge >= 0.3 is 5.97 Å². The van der Waals surface area contributed by atoms with Crippen LogP contribution in [0.15, 0.2) is 27.1 Å². The fraction of sp³-hybridized carbons (Fsp3) is 0.385. The summed E-state index contributed by atoms with van der Waals surface area (Å²) in [6, 6.07) is 5.12. The van der Waals surface area contributed by atoms with Gasteiger partial charge in [-0.3, -0.25) is 9.59 Å². The Morgan fingerprint density at radius 2 is 2.00 bits per heavy atom. The Bertz CT molecular complexity index is 491. The van der Waals surface area contributed by atoms with Crippen molar-refractivity contribution in [2.24, 2.45) is 0 Å². The van der Waals surface area contributed by atoms with E-state index in [4.69, 9.17) is 5.11 Å². The highest BCUT2D eigenvalue weighted by molar-refractivity contribution is 9.11. The zero-order chi connectivity index (χ0) is 14.6. The Morgan fingerprint density at radius 3 is 2.53 bits per heavy atom. The average molecular weight is 393 g/mol. The molecule has 1 rings (SSSR count). The van der Waals surface area contributed by atoms with Crippen molar-refractivity contribution >= 4 is 43.7 Å². The van der Waals surface area contributed by atoms with Crippen molar-refractivity contribution in [2.75, 3.05) is 6.54 Å². The second kappa shape index (κ2) is 7.05. The number of hydrogen-bond donors (Lipinski definition) is 1. The Labute approximate surface area is 129 Å². The number of carboxylic acid groups (broad SMARTS) is 1. The zero-order valence-electron chi connectivity index (χ0n) is 10.7. The molecule has 1 aromatic carbocycles. The predicted molar refractivity (Wildman–Crippen MR) is 80.3 cm³/mol. The van der Waals surface area contributed by atoms with Crippen molar-refractivity contribution < 1.29 is 14.7 Å². The minimum absolute atomic E-state index is 0.130. The molecule has 1 aromatic rings. The molecule has 0 spiro atoms. The first-order valence-electron chi connectivity index (χ1n) is 5.84. The first-order valence-corrected chi connectivity index (χ1v) is 7.43. The van der Waals surface area contributed by atoms with E-state index in [1.54, 1.807) is 12.1 Å². The number of rotatable bonds is 5. The summed E-state index contributed by atoms with van der Waals surface area (Å²) in [5.41, 5.74) is 0.455. The van der Waals surface area contributed by atoms with Crippen LogP contribution in [-0.4, -0.2) is 34.5 Å². The highest BCUT2D eigenvalue weighted by Gasteiger charge is 2.24. The number of hydrogen-bond acceptors (Lipinski definition) is 2. The summed E-state index contributed by atoms with van der Waals surface area (Å²) in [5.74, 6) is -1.30. The molecule has 1 atom stereocenters. The maximum atomic E-state index is 12.5. The van der Waals surface area contributed by atoms with Gasteiger partial charge in [0.05, 0.1) is 5.56 Å². The van der Waals surface area contributed by atoms with Crippen LogP contribution in [-0.2, 0) is 4.79 Å². The maximum absolute atomic E-state index is 12.5. The van der Waals surface area contributed by atoms with Gasteiger partial charge in [-0.05, 0) is 47.5 Å². The van der Waals surface area contributed by atoms with E-state index in [9.17, 15) is 9.59 Å². The van der Waals surface area contributed by atoms with Crippen LogP contribution in [0, 0.1) is 0 Å². The van der Waals surface area contributed by atoms with Gasteiger partial charge in [-0.15, -0.1) is 0 Å². The van der Waals surface area contributed by atoms with Crippen molar-refractivity contribution in [1.82, 2.24) is 4.90 Å². The number of carbonyl (C=O) groups is 2. The molecule has 0 bridgehead atoms. The monoisotopic (exact) mass is 391 g/mol. The molecule has 0 aliphatic heterocycles. The van der Waals surface area contributed by atoms with Crippen molar-refractivity contribution in [1.29, 1.82) is 0 Å². The lowest BCUT2D eigenvalue weighted by Crippen LogP contribution is -2.42. The van der Waals surface area contributed by atoms with Gasteiger partial charge in [0.2, 0.25) is 0 Å². The van der Waals surface area contributed by atoms with Crippen molar-refractivity contribution in [3.8, 4) is 0 Å². The molecular weight excluding hydrogens is 378 g/mol. The van der Waals surface area contributed by atoms with Gasteiger partial charge in [-0.1, -0.05) is 22.9 Å². The molecule has 1 N–H and O–H groups in total. The van der Waals surface area contributed by atoms with E-state index in [2.05, 4.69) is 31.9 Å². The van der Waals surface area contributed by atoms with Gasteiger partial charge in [0.15, 0.2) is 0 Å². The highest BCUT2D eigenvalue weighted by Crippen LogP contribution is 2.24. The number of benzene rings is 1. The number of carbonyl (C=O) groups excluding carboxylic acids is 1. The third-order valence-corrected chi connectivity index (χ3v) is 4.03. The van der Waals surface area contributed by atoms with E-state index >= 15 is 0 Å². The number of halogens is 2. The number of nitrogens with zero attached hydrogens (tertiary/aromatic N) is 1. The van der Waals surface area contributed by atoms with Crippen molar-refractivity contribution in [2.45, 2.75) is 26.3 Å². The molecule has 0 heterocycles. The number of carboxylic acids is 1. The Hall–Kier alpha value is -0.880. The van der Waals surface area contributed by atoms with Crippen LogP contribution in [0.5, 0.6) is 0 Å². The average Bonchev–Trinajstić information content (AvgIpc) is 2.37. The summed E-state index contributed by atoms with van der Waals surface area (Å²) < 4.78 is 1.43. The third-order valence-electron chi connectivity index (χ3n) is 2.85. The van der Waals surface area contributed by atoms with Crippen LogP contribution in [0.4, 0.5) is 0 Å². The standard InChI is InChI=1S/C13H15Br2NO3/c1-3-8(2)16(7-12(17)18)13(19)10-6-9(14)4-5-11(10)15/h4-6,8H,3,7H2,1-2H3,(H,17,18). The second-order valence-corrected chi connectivity index (χ2v) is 5.98. The summed E-state index contributed by atoms with van der Waals surface area (Å²) >= 11 is 6.63. The number of amides is 1. The maximum Gasteiger partial charge on any atom is 0.323 e. The predicted octanol–water partition coefficient (Wildman–Crippen LogP) is 3.54. The molecule has 4 nitrogen and oxygen atoms in total. The van der Waals surface area contributed by atoms with E-state index in [0.29, 0.717) is 16.5 Å². The lowest BCUT2D eigenvalue weighted by atomic mass is 10.1. The summed E-state index contributed by atoms with van der Waals surface area (Å²) in [5, 5.41) is 8.93. The smallest absolute Gasteiger partial charge is 0.323 e. The van der Waals surface area contributed by atoms with Crippen LogP contribution < -0.4 is 0 Å². The van der Waals surface area contributed by atoms with E-state index in [0.717, 1.165) is 4.47 Å². The van der Waals surface area contributed by atoms with E-state index < -0.39 is 5.97 Å². The minimum atomic E-state index is -1.01. The van der Waals surface area contributed by atoms with Gasteiger partial charge in [0.1, 0.15) is 6.54 Å². The second-order valence-electron chi connectivity index (χ2n) is 4.21. The summed E-state index contributed by atoms with van der Waals surface area (Å²) in [6.07, 6.45) is 0.699. The van der Waals surface area contributed by atoms with Gasteiger partial charge in [0.25, 0.3) is 5.91 Å². The first-order chi connectivity index (χ1) is 8.86. The van der Waals surface area contributed by atoms with Gasteiger partial charge in [-0.25, -0.2) is 0 Å². The first kappa shape index (κ1) is 16.2. The fourth-order valence-corrected chi connectivity index (χ4v) is 2.39. The third kappa shape index (κ3) is 4.31. The van der Waals surface area contributed by atoms with Crippen LogP contribution in [0.2, 0.25) is 0 Å². The lowest BCUT2D eigenvalue weighted by molar-refractivity contribution is -0.138. The SMILES string of the molecule is CCC(C)N(CC(=O)O)C(=O)c1cc(Br)ccc1Br. The Morgan fingerprint density at radius 1 is 1.37 bits per heavy atom. The quantitative estimate of drug-likeness (QED) is 0.833. The van der Waals surface area contributed by atoms with Crippen LogP contribution in [0.25, 0.3) is 0 Å². The molecule has 0 fully saturated rings. The summed E-state index contributed by atoms with van der Waals surface area (Å²) in [7, 11) is 0. The topological polar surface area (TPSA) is 57.6 Å². The minimum Gasteiger partial charge on any atom is -0.480 e. The molecule has 0 radical (unpaired) electrons. The molecule has 104 valence electrons. The molecule has 0 saturated heterocycles. The summed E-state index contributed by atoms with van der Waals surface area (Å²) in [6.45, 7) is 3.46. The zero-order valence-corrected chi connectivity index (χ0v) is 13.9. The van der Waals surface area contributed by atoms with Crippen LogP contribution >= 0.6 is 31.9 Å². The molecule has 0 aliphatic rings. The molecule has 0 aromatic heterocycles. The van der Waals surface area contributed by atoms with E-state index in [1.807, 2.05) is 19.9 Å². The molecule has 1 unspecified atom stereocenters. The highest BCUT2D eigenvalue weighted by atomic mass is 79.9. The fourth-order valence-electron chi connectivity index (χ4n) is 1.61. The lowest BCUT2D eigenvalue weighted by Gasteiger charge is -2.27. The van der Waals surface area contributed by atoms with E-state index in [1.165, 1.54) is 4.90 Å². The van der Waals surface area contributed by atoms with Gasteiger partial charge < -0.3 is 10.0 Å².